The fraction of sp³-hybridized carbons (Fsp3) is 0. The molecule has 0 atom stereocenters. The number of hydrogen-bond acceptors (Lipinski definition) is 5. The Hall–Kier alpha value is -2.90. The van der Waals surface area contributed by atoms with Crippen molar-refractivity contribution in [3.05, 3.63) is 44.2 Å². The SMILES string of the molecule is Nc1[nH]c(=O)c2cc([N+](=O)[O-])ccc2c1C(=O)O. The van der Waals surface area contributed by atoms with Gasteiger partial charge in [-0.2, -0.15) is 0 Å². The van der Waals surface area contributed by atoms with Gasteiger partial charge in [0.05, 0.1) is 10.3 Å². The first-order chi connectivity index (χ1) is 8.41. The van der Waals surface area contributed by atoms with E-state index in [1.54, 1.807) is 0 Å². The summed E-state index contributed by atoms with van der Waals surface area (Å²) in [6, 6.07) is 3.33. The Labute approximate surface area is 98.8 Å². The average Bonchev–Trinajstić information content (AvgIpc) is 2.27. The zero-order valence-electron chi connectivity index (χ0n) is 8.84. The number of H-pyrrole nitrogens is 1. The van der Waals surface area contributed by atoms with E-state index in [0.717, 1.165) is 12.1 Å². The summed E-state index contributed by atoms with van der Waals surface area (Å²) in [7, 11) is 0. The molecule has 18 heavy (non-hydrogen) atoms. The van der Waals surface area contributed by atoms with Crippen LogP contribution in [0.3, 0.4) is 0 Å². The number of nitrogen functional groups attached to an aromatic ring is 1. The fourth-order valence-corrected chi connectivity index (χ4v) is 1.68. The Balaban J connectivity index is 2.94. The van der Waals surface area contributed by atoms with Crippen LogP contribution >= 0.6 is 0 Å². The number of nitro benzene ring substituents is 1. The molecule has 0 saturated carbocycles. The van der Waals surface area contributed by atoms with E-state index < -0.39 is 16.5 Å². The van der Waals surface area contributed by atoms with Crippen LogP contribution in [0.25, 0.3) is 10.8 Å². The van der Waals surface area contributed by atoms with Gasteiger partial charge in [-0.05, 0) is 6.07 Å². The molecule has 0 unspecified atom stereocenters. The van der Waals surface area contributed by atoms with Gasteiger partial charge < -0.3 is 15.8 Å². The number of hydrogen-bond donors (Lipinski definition) is 3. The number of nitro groups is 1. The van der Waals surface area contributed by atoms with E-state index in [1.165, 1.54) is 6.07 Å². The molecule has 4 N–H and O–H groups in total. The standard InChI is InChI=1S/C10H7N3O5/c11-8-7(10(15)16)5-2-1-4(13(17)18)3-6(5)9(14)12-8/h1-3H,(H,15,16)(H3,11,12,14). The number of pyridine rings is 1. The Morgan fingerprint density at radius 3 is 2.61 bits per heavy atom. The highest BCUT2D eigenvalue weighted by Gasteiger charge is 2.17. The van der Waals surface area contributed by atoms with Gasteiger partial charge in [0, 0.05) is 17.5 Å². The van der Waals surface area contributed by atoms with Crippen molar-refractivity contribution in [2.24, 2.45) is 0 Å². The predicted molar refractivity (Wildman–Crippen MR) is 62.6 cm³/mol. The molecule has 0 aliphatic carbocycles. The van der Waals surface area contributed by atoms with Crippen LogP contribution in [0, 0.1) is 10.1 Å². The number of carboxylic acid groups (broad SMARTS) is 1. The number of fused-ring (bicyclic) bond motifs is 1. The molecule has 0 aliphatic heterocycles. The second-order valence-corrected chi connectivity index (χ2v) is 3.53. The quantitative estimate of drug-likeness (QED) is 0.529. The smallest absolute Gasteiger partial charge is 0.340 e. The molecule has 0 saturated heterocycles. The molecule has 8 heteroatoms. The summed E-state index contributed by atoms with van der Waals surface area (Å²) in [5.74, 6) is -1.60. The molecule has 8 nitrogen and oxygen atoms in total. The number of nitrogens with two attached hydrogens (primary N) is 1. The molecule has 92 valence electrons. The Morgan fingerprint density at radius 2 is 2.06 bits per heavy atom. The maximum Gasteiger partial charge on any atom is 0.340 e. The number of nitrogens with one attached hydrogen (secondary N) is 1. The average molecular weight is 249 g/mol. The number of carboxylic acids is 1. The first kappa shape index (κ1) is 11.6. The second-order valence-electron chi connectivity index (χ2n) is 3.53. The van der Waals surface area contributed by atoms with Crippen LogP contribution in [0.5, 0.6) is 0 Å². The summed E-state index contributed by atoms with van der Waals surface area (Å²) in [6.07, 6.45) is 0. The van der Waals surface area contributed by atoms with E-state index >= 15 is 0 Å². The normalized spacial score (nSPS) is 10.4. The zero-order valence-corrected chi connectivity index (χ0v) is 8.84. The van der Waals surface area contributed by atoms with Crippen molar-refractivity contribution in [3.63, 3.8) is 0 Å². The highest BCUT2D eigenvalue weighted by atomic mass is 16.6. The van der Waals surface area contributed by atoms with Crippen LogP contribution < -0.4 is 11.3 Å². The molecule has 2 aromatic rings. The molecule has 0 amide bonds. The molecule has 1 aromatic carbocycles. The minimum atomic E-state index is -1.32. The molecule has 2 rings (SSSR count). The van der Waals surface area contributed by atoms with Gasteiger partial charge in [0.1, 0.15) is 11.4 Å². The monoisotopic (exact) mass is 249 g/mol. The van der Waals surface area contributed by atoms with Gasteiger partial charge in [0.2, 0.25) is 0 Å². The van der Waals surface area contributed by atoms with Crippen molar-refractivity contribution >= 4 is 28.2 Å². The maximum absolute atomic E-state index is 11.6. The lowest BCUT2D eigenvalue weighted by molar-refractivity contribution is -0.384. The van der Waals surface area contributed by atoms with E-state index in [4.69, 9.17) is 10.8 Å². The number of non-ortho nitro benzene ring substituents is 1. The van der Waals surface area contributed by atoms with Crippen molar-refractivity contribution in [3.8, 4) is 0 Å². The largest absolute Gasteiger partial charge is 0.478 e. The molecule has 0 spiro atoms. The van der Waals surface area contributed by atoms with Crippen LogP contribution in [0.4, 0.5) is 11.5 Å². The van der Waals surface area contributed by atoms with Crippen LogP contribution in [-0.4, -0.2) is 21.0 Å². The first-order valence-corrected chi connectivity index (χ1v) is 4.75. The van der Waals surface area contributed by atoms with Gasteiger partial charge in [-0.3, -0.25) is 14.9 Å². The maximum atomic E-state index is 11.6. The predicted octanol–water partition coefficient (Wildman–Crippen LogP) is 0.717. The summed E-state index contributed by atoms with van der Waals surface area (Å²) in [4.78, 5) is 34.7. The van der Waals surface area contributed by atoms with Crippen molar-refractivity contribution in [1.82, 2.24) is 4.98 Å². The van der Waals surface area contributed by atoms with Gasteiger partial charge in [-0.15, -0.1) is 0 Å². The molecule has 0 bridgehead atoms. The molecule has 0 fully saturated rings. The number of benzene rings is 1. The number of aromatic nitrogens is 1. The van der Waals surface area contributed by atoms with Crippen LogP contribution in [0.15, 0.2) is 23.0 Å². The molecular formula is C10H7N3O5. The van der Waals surface area contributed by atoms with Crippen molar-refractivity contribution in [2.75, 3.05) is 5.73 Å². The molecule has 0 aliphatic rings. The van der Waals surface area contributed by atoms with Crippen molar-refractivity contribution in [2.45, 2.75) is 0 Å². The molecule has 1 aromatic heterocycles. The van der Waals surface area contributed by atoms with Gasteiger partial charge in [0.15, 0.2) is 0 Å². The summed E-state index contributed by atoms with van der Waals surface area (Å²) in [5.41, 5.74) is 4.17. The summed E-state index contributed by atoms with van der Waals surface area (Å²) in [6.45, 7) is 0. The van der Waals surface area contributed by atoms with E-state index in [-0.39, 0.29) is 27.8 Å². The van der Waals surface area contributed by atoms with Gasteiger partial charge in [-0.1, -0.05) is 0 Å². The highest BCUT2D eigenvalue weighted by molar-refractivity contribution is 6.07. The Kier molecular flexibility index (Phi) is 2.47. The molecule has 0 radical (unpaired) electrons. The van der Waals surface area contributed by atoms with Crippen LogP contribution in [-0.2, 0) is 0 Å². The highest BCUT2D eigenvalue weighted by Crippen LogP contribution is 2.23. The van der Waals surface area contributed by atoms with E-state index in [1.807, 2.05) is 0 Å². The number of aromatic amines is 1. The zero-order chi connectivity index (χ0) is 13.4. The van der Waals surface area contributed by atoms with Gasteiger partial charge >= 0.3 is 5.97 Å². The van der Waals surface area contributed by atoms with E-state index in [9.17, 15) is 19.7 Å². The van der Waals surface area contributed by atoms with E-state index in [2.05, 4.69) is 4.98 Å². The van der Waals surface area contributed by atoms with Crippen LogP contribution in [0.2, 0.25) is 0 Å². The minimum absolute atomic E-state index is 0.0642. The lowest BCUT2D eigenvalue weighted by Gasteiger charge is -2.05. The number of anilines is 1. The van der Waals surface area contributed by atoms with Gasteiger partial charge in [0.25, 0.3) is 11.2 Å². The number of rotatable bonds is 2. The third-order valence-corrected chi connectivity index (χ3v) is 2.46. The first-order valence-electron chi connectivity index (χ1n) is 4.75. The van der Waals surface area contributed by atoms with E-state index in [0.29, 0.717) is 0 Å². The number of aromatic carboxylic acids is 1. The molecule has 1 heterocycles. The minimum Gasteiger partial charge on any atom is -0.478 e. The lowest BCUT2D eigenvalue weighted by Crippen LogP contribution is -2.15. The number of nitrogens with zero attached hydrogens (tertiary/aromatic N) is 1. The third-order valence-electron chi connectivity index (χ3n) is 2.46. The summed E-state index contributed by atoms with van der Waals surface area (Å²) in [5, 5.41) is 19.6. The topological polar surface area (TPSA) is 139 Å². The number of carbonyl (C=O) groups is 1. The van der Waals surface area contributed by atoms with Crippen molar-refractivity contribution in [1.29, 1.82) is 0 Å². The van der Waals surface area contributed by atoms with Crippen LogP contribution in [0.1, 0.15) is 10.4 Å². The second kappa shape index (κ2) is 3.84. The Bertz CT molecular complexity index is 734. The summed E-state index contributed by atoms with van der Waals surface area (Å²) >= 11 is 0. The Morgan fingerprint density at radius 1 is 1.39 bits per heavy atom. The molecular weight excluding hydrogens is 242 g/mol. The third kappa shape index (κ3) is 1.65. The fourth-order valence-electron chi connectivity index (χ4n) is 1.68. The van der Waals surface area contributed by atoms with Gasteiger partial charge in [-0.25, -0.2) is 4.79 Å². The van der Waals surface area contributed by atoms with Crippen molar-refractivity contribution < 1.29 is 14.8 Å². The lowest BCUT2D eigenvalue weighted by atomic mass is 10.1. The summed E-state index contributed by atoms with van der Waals surface area (Å²) < 4.78 is 0.